The van der Waals surface area contributed by atoms with Crippen LogP contribution in [0.3, 0.4) is 0 Å². The average Bonchev–Trinajstić information content (AvgIpc) is 3.21. The zero-order chi connectivity index (χ0) is 25.8. The van der Waals surface area contributed by atoms with Gasteiger partial charge in [0.05, 0.1) is 35.0 Å². The number of alkyl halides is 2. The third-order valence-corrected chi connectivity index (χ3v) is 8.04. The van der Waals surface area contributed by atoms with Crippen LogP contribution in [0.2, 0.25) is 0 Å². The van der Waals surface area contributed by atoms with Gasteiger partial charge in [0.25, 0.3) is 11.8 Å². The van der Waals surface area contributed by atoms with Gasteiger partial charge in [-0.15, -0.1) is 5.48 Å². The normalized spacial score (nSPS) is 25.9. The minimum atomic E-state index is -3.96. The topological polar surface area (TPSA) is 143 Å². The van der Waals surface area contributed by atoms with Crippen molar-refractivity contribution in [1.82, 2.24) is 10.8 Å². The van der Waals surface area contributed by atoms with Gasteiger partial charge in [-0.3, -0.25) is 9.59 Å². The van der Waals surface area contributed by atoms with Crippen LogP contribution >= 0.6 is 0 Å². The van der Waals surface area contributed by atoms with Crippen molar-refractivity contribution in [3.8, 4) is 0 Å². The van der Waals surface area contributed by atoms with Gasteiger partial charge in [0.1, 0.15) is 0 Å². The van der Waals surface area contributed by atoms with Gasteiger partial charge >= 0.3 is 0 Å². The molecule has 2 heterocycles. The monoisotopic (exact) mass is 519 g/mol. The molecule has 5 rings (SSSR count). The molecule has 10 nitrogen and oxygen atoms in total. The first kappa shape index (κ1) is 24.3. The highest BCUT2D eigenvalue weighted by Crippen LogP contribution is 2.42. The van der Waals surface area contributed by atoms with Crippen LogP contribution in [0.25, 0.3) is 0 Å². The molecular formula is C23H23F2N5O5S. The quantitative estimate of drug-likeness (QED) is 0.542. The number of nitrogens with two attached hydrogens (primary N) is 1. The molecule has 1 saturated carbocycles. The predicted molar refractivity (Wildman–Crippen MR) is 125 cm³/mol. The highest BCUT2D eigenvalue weighted by Gasteiger charge is 2.58. The molecule has 2 aromatic rings. The molecule has 3 atom stereocenters. The van der Waals surface area contributed by atoms with Crippen molar-refractivity contribution in [2.75, 3.05) is 10.7 Å². The zero-order valence-electron chi connectivity index (χ0n) is 19.1. The molecule has 2 amide bonds. The zero-order valence-corrected chi connectivity index (χ0v) is 19.9. The van der Waals surface area contributed by atoms with E-state index in [1.807, 2.05) is 0 Å². The number of nitrogens with one attached hydrogen (secondary N) is 2. The molecule has 0 radical (unpaired) electrons. The number of halogens is 2. The van der Waals surface area contributed by atoms with E-state index in [2.05, 4.69) is 15.8 Å². The third-order valence-electron chi connectivity index (χ3n) is 6.23. The minimum Gasteiger partial charge on any atom is -0.391 e. The maximum absolute atomic E-state index is 13.3. The van der Waals surface area contributed by atoms with Gasteiger partial charge in [-0.25, -0.2) is 22.2 Å². The second-order valence-corrected chi connectivity index (χ2v) is 11.0. The number of nitrogens with zero attached hydrogens (tertiary/aromatic N) is 2. The van der Waals surface area contributed by atoms with Crippen LogP contribution in [0.5, 0.6) is 0 Å². The molecule has 1 aliphatic carbocycles. The second-order valence-electron chi connectivity index (χ2n) is 9.00. The summed E-state index contributed by atoms with van der Waals surface area (Å²) in [6, 6.07) is 8.16. The van der Waals surface area contributed by atoms with Gasteiger partial charge in [-0.1, -0.05) is 24.3 Å². The lowest BCUT2D eigenvalue weighted by Crippen LogP contribution is -2.45. The molecule has 1 fully saturated rings. The van der Waals surface area contributed by atoms with Crippen molar-refractivity contribution in [2.45, 2.75) is 49.0 Å². The molecule has 13 heteroatoms. The Morgan fingerprint density at radius 3 is 2.58 bits per heavy atom. The fourth-order valence-corrected chi connectivity index (χ4v) is 5.69. The molecule has 4 N–H and O–H groups in total. The summed E-state index contributed by atoms with van der Waals surface area (Å²) in [5.41, 5.74) is 10.1. The Morgan fingerprint density at radius 2 is 1.97 bits per heavy atom. The maximum atomic E-state index is 13.3. The summed E-state index contributed by atoms with van der Waals surface area (Å²) in [5.74, 6) is -4.49. The van der Waals surface area contributed by atoms with Crippen molar-refractivity contribution < 1.29 is 31.6 Å². The first-order chi connectivity index (χ1) is 16.9. The number of sulfone groups is 1. The maximum Gasteiger partial charge on any atom is 0.270 e. The van der Waals surface area contributed by atoms with E-state index >= 15 is 0 Å². The molecule has 0 aromatic heterocycles. The van der Waals surface area contributed by atoms with E-state index in [0.717, 1.165) is 5.56 Å². The van der Waals surface area contributed by atoms with E-state index in [0.29, 0.717) is 11.5 Å². The summed E-state index contributed by atoms with van der Waals surface area (Å²) < 4.78 is 52.4. The Bertz CT molecular complexity index is 1380. The van der Waals surface area contributed by atoms with E-state index in [-0.39, 0.29) is 28.9 Å². The van der Waals surface area contributed by atoms with Gasteiger partial charge in [0, 0.05) is 18.9 Å². The van der Waals surface area contributed by atoms with E-state index in [1.165, 1.54) is 23.1 Å². The number of hydrogen-bond donors (Lipinski definition) is 3. The number of amides is 2. The molecule has 0 saturated heterocycles. The standard InChI is InChI=1S/C23H23F2N5O5S/c1-12-27-20(29-35-12)14-4-2-13(3-5-14)10-30-17-8-15(21(31)28-19-9-23(19,24)25)6-7-18(17)36(33,34)11-16(26)22(30)32/h2-8,16,19-20,29H,9-11,26H2,1H3,(H,28,31)/t16-,19?,20?/m0/s1. The molecule has 36 heavy (non-hydrogen) atoms. The van der Waals surface area contributed by atoms with Crippen LogP contribution in [-0.4, -0.2) is 49.9 Å². The predicted octanol–water partition coefficient (Wildman–Crippen LogP) is 1.42. The molecule has 0 spiro atoms. The summed E-state index contributed by atoms with van der Waals surface area (Å²) in [6.07, 6.45) is -0.834. The van der Waals surface area contributed by atoms with Crippen LogP contribution in [0.4, 0.5) is 14.5 Å². The van der Waals surface area contributed by atoms with E-state index in [4.69, 9.17) is 10.6 Å². The van der Waals surface area contributed by atoms with Gasteiger partial charge in [-0.05, 0) is 29.3 Å². The lowest BCUT2D eigenvalue weighted by Gasteiger charge is -2.25. The van der Waals surface area contributed by atoms with Gasteiger partial charge in [-0.2, -0.15) is 0 Å². The molecule has 2 unspecified atom stereocenters. The number of benzene rings is 2. The Morgan fingerprint density at radius 1 is 1.28 bits per heavy atom. The number of fused-ring (bicyclic) bond motifs is 1. The minimum absolute atomic E-state index is 0.0293. The summed E-state index contributed by atoms with van der Waals surface area (Å²) >= 11 is 0. The number of hydroxylamine groups is 1. The summed E-state index contributed by atoms with van der Waals surface area (Å²) in [6.45, 7) is 1.68. The molecular weight excluding hydrogens is 496 g/mol. The smallest absolute Gasteiger partial charge is 0.270 e. The number of hydrogen-bond acceptors (Lipinski definition) is 8. The van der Waals surface area contributed by atoms with Gasteiger partial charge < -0.3 is 20.8 Å². The first-order valence-electron chi connectivity index (χ1n) is 11.1. The summed E-state index contributed by atoms with van der Waals surface area (Å²) in [5, 5.41) is 2.23. The number of aliphatic imine (C=N–C) groups is 1. The third kappa shape index (κ3) is 4.56. The Labute approximate surface area is 205 Å². The summed E-state index contributed by atoms with van der Waals surface area (Å²) in [4.78, 5) is 36.2. The van der Waals surface area contributed by atoms with Crippen LogP contribution < -0.4 is 21.4 Å². The summed E-state index contributed by atoms with van der Waals surface area (Å²) in [7, 11) is -3.96. The Hall–Kier alpha value is -3.42. The largest absolute Gasteiger partial charge is 0.391 e. The lowest BCUT2D eigenvalue weighted by atomic mass is 10.1. The SMILES string of the molecule is CC1=NC(c2ccc(CN3C(=O)[C@@H](N)CS(=O)(=O)c4ccc(C(=O)NC5CC5(F)F)cc43)cc2)NO1. The van der Waals surface area contributed by atoms with Crippen LogP contribution in [0, 0.1) is 0 Å². The molecule has 2 aromatic carbocycles. The number of rotatable bonds is 5. The lowest BCUT2D eigenvalue weighted by molar-refractivity contribution is -0.119. The fourth-order valence-electron chi connectivity index (χ4n) is 4.13. The highest BCUT2D eigenvalue weighted by molar-refractivity contribution is 7.91. The second kappa shape index (κ2) is 8.61. The van der Waals surface area contributed by atoms with Crippen molar-refractivity contribution in [1.29, 1.82) is 0 Å². The fraction of sp³-hybridized carbons (Fsp3) is 0.348. The molecule has 2 aliphatic heterocycles. The number of carbonyl (C=O) groups is 2. The molecule has 0 bridgehead atoms. The van der Waals surface area contributed by atoms with Crippen molar-refractivity contribution in [2.24, 2.45) is 10.7 Å². The highest BCUT2D eigenvalue weighted by atomic mass is 32.2. The number of carbonyl (C=O) groups excluding carboxylic acids is 2. The first-order valence-corrected chi connectivity index (χ1v) is 12.8. The van der Waals surface area contributed by atoms with Gasteiger partial charge in [0.2, 0.25) is 11.8 Å². The Kier molecular flexibility index (Phi) is 5.80. The molecule has 190 valence electrons. The van der Waals surface area contributed by atoms with E-state index < -0.39 is 51.8 Å². The van der Waals surface area contributed by atoms with Gasteiger partial charge in [0.15, 0.2) is 16.0 Å². The van der Waals surface area contributed by atoms with E-state index in [1.54, 1.807) is 31.2 Å². The van der Waals surface area contributed by atoms with Crippen molar-refractivity contribution >= 4 is 33.2 Å². The van der Waals surface area contributed by atoms with E-state index in [9.17, 15) is 26.8 Å². The van der Waals surface area contributed by atoms with Crippen LogP contribution in [0.15, 0.2) is 52.4 Å². The van der Waals surface area contributed by atoms with Crippen molar-refractivity contribution in [3.05, 3.63) is 59.2 Å². The van der Waals surface area contributed by atoms with Crippen molar-refractivity contribution in [3.63, 3.8) is 0 Å². The molecule has 3 aliphatic rings. The Balaban J connectivity index is 1.47. The van der Waals surface area contributed by atoms with Crippen LogP contribution in [0.1, 0.15) is 41.0 Å². The average molecular weight is 520 g/mol. The number of anilines is 1. The van der Waals surface area contributed by atoms with Crippen LogP contribution in [-0.2, 0) is 26.0 Å².